The average Bonchev–Trinajstić information content (AvgIpc) is 2.54. The van der Waals surface area contributed by atoms with Gasteiger partial charge in [-0.05, 0) is 73.9 Å². The fourth-order valence-corrected chi connectivity index (χ4v) is 2.39. The lowest BCUT2D eigenvalue weighted by Crippen LogP contribution is -1.96. The molecule has 1 heteroatoms. The monoisotopic (exact) mass is 294 g/mol. The van der Waals surface area contributed by atoms with Gasteiger partial charge in [0, 0.05) is 0 Å². The first-order valence-corrected chi connectivity index (χ1v) is 8.08. The maximum absolute atomic E-state index is 5.87. The van der Waals surface area contributed by atoms with E-state index in [4.69, 9.17) is 4.74 Å². The largest absolute Gasteiger partial charge is 0.489 e. The van der Waals surface area contributed by atoms with Crippen molar-refractivity contribution in [2.75, 3.05) is 0 Å². The van der Waals surface area contributed by atoms with Gasteiger partial charge in [-0.1, -0.05) is 36.4 Å². The highest BCUT2D eigenvalue weighted by Gasteiger charge is 1.99. The lowest BCUT2D eigenvalue weighted by molar-refractivity contribution is 0.306. The molecule has 22 heavy (non-hydrogen) atoms. The summed E-state index contributed by atoms with van der Waals surface area (Å²) in [6, 6.07) is 15.0. The van der Waals surface area contributed by atoms with Crippen LogP contribution in [0, 0.1) is 13.8 Å². The molecular formula is C21H26O. The molecule has 0 atom stereocenters. The van der Waals surface area contributed by atoms with Crippen molar-refractivity contribution in [2.45, 2.75) is 46.1 Å². The van der Waals surface area contributed by atoms with E-state index in [-0.39, 0.29) is 0 Å². The van der Waals surface area contributed by atoms with E-state index in [1.54, 1.807) is 0 Å². The molecule has 0 N–H and O–H groups in total. The van der Waals surface area contributed by atoms with Gasteiger partial charge in [0.15, 0.2) is 0 Å². The number of unbranched alkanes of at least 4 members (excludes halogenated alkanes) is 2. The summed E-state index contributed by atoms with van der Waals surface area (Å²) in [6.45, 7) is 8.62. The summed E-state index contributed by atoms with van der Waals surface area (Å²) >= 11 is 0. The summed E-state index contributed by atoms with van der Waals surface area (Å²) < 4.78 is 5.87. The number of benzene rings is 2. The Hall–Kier alpha value is -2.02. The second-order valence-corrected chi connectivity index (χ2v) is 5.89. The molecule has 0 heterocycles. The highest BCUT2D eigenvalue weighted by Crippen LogP contribution is 2.18. The molecule has 0 aliphatic rings. The molecular weight excluding hydrogens is 268 g/mol. The Balaban J connectivity index is 1.83. The van der Waals surface area contributed by atoms with Gasteiger partial charge in [-0.3, -0.25) is 0 Å². The third kappa shape index (κ3) is 5.07. The molecule has 0 fully saturated rings. The van der Waals surface area contributed by atoms with E-state index in [9.17, 15) is 0 Å². The van der Waals surface area contributed by atoms with Crippen LogP contribution < -0.4 is 4.74 Å². The number of allylic oxidation sites excluding steroid dienone is 1. The van der Waals surface area contributed by atoms with Crippen LogP contribution in [0.2, 0.25) is 0 Å². The van der Waals surface area contributed by atoms with Gasteiger partial charge >= 0.3 is 0 Å². The van der Waals surface area contributed by atoms with Crippen molar-refractivity contribution in [1.29, 1.82) is 0 Å². The van der Waals surface area contributed by atoms with Crippen molar-refractivity contribution in [3.05, 3.63) is 77.4 Å². The van der Waals surface area contributed by atoms with E-state index in [1.165, 1.54) is 35.1 Å². The fourth-order valence-electron chi connectivity index (χ4n) is 2.39. The van der Waals surface area contributed by atoms with Crippen molar-refractivity contribution in [1.82, 2.24) is 0 Å². The van der Waals surface area contributed by atoms with Crippen LogP contribution in [-0.4, -0.2) is 0 Å². The molecule has 0 saturated heterocycles. The smallest absolute Gasteiger partial charge is 0.120 e. The van der Waals surface area contributed by atoms with Crippen LogP contribution in [-0.2, 0) is 13.0 Å². The number of aryl methyl sites for hydroxylation is 3. The summed E-state index contributed by atoms with van der Waals surface area (Å²) in [6.07, 6.45) is 6.70. The Bertz CT molecular complexity index is 596. The predicted molar refractivity (Wildman–Crippen MR) is 94.4 cm³/mol. The number of hydrogen-bond donors (Lipinski definition) is 0. The summed E-state index contributed by atoms with van der Waals surface area (Å²) in [5.41, 5.74) is 5.19. The summed E-state index contributed by atoms with van der Waals surface area (Å²) in [5.74, 6) is 0.941. The van der Waals surface area contributed by atoms with Crippen LogP contribution in [0.4, 0.5) is 0 Å². The summed E-state index contributed by atoms with van der Waals surface area (Å²) in [5, 5.41) is 0. The van der Waals surface area contributed by atoms with Gasteiger partial charge in [0.2, 0.25) is 0 Å². The molecule has 0 saturated carbocycles. The van der Waals surface area contributed by atoms with Crippen LogP contribution in [0.5, 0.6) is 5.75 Å². The maximum atomic E-state index is 5.87. The first-order valence-electron chi connectivity index (χ1n) is 8.08. The molecule has 0 amide bonds. The molecule has 116 valence electrons. The minimum Gasteiger partial charge on any atom is -0.489 e. The second-order valence-electron chi connectivity index (χ2n) is 5.89. The van der Waals surface area contributed by atoms with Gasteiger partial charge in [0.05, 0.1) is 0 Å². The molecule has 0 aliphatic carbocycles. The van der Waals surface area contributed by atoms with E-state index in [0.717, 1.165) is 18.6 Å². The van der Waals surface area contributed by atoms with Crippen LogP contribution >= 0.6 is 0 Å². The van der Waals surface area contributed by atoms with E-state index in [2.05, 4.69) is 56.8 Å². The number of hydrogen-bond acceptors (Lipinski definition) is 1. The summed E-state index contributed by atoms with van der Waals surface area (Å²) in [7, 11) is 0. The zero-order valence-electron chi connectivity index (χ0n) is 13.8. The maximum Gasteiger partial charge on any atom is 0.120 e. The van der Waals surface area contributed by atoms with Gasteiger partial charge in [-0.2, -0.15) is 0 Å². The standard InChI is InChI=1S/C21H26O/c1-4-5-6-7-8-19-10-12-20(13-11-19)16-22-21-14-9-17(2)18(3)15-21/h4,9-15H,1,5-8,16H2,2-3H3. The van der Waals surface area contributed by atoms with Crippen molar-refractivity contribution in [3.63, 3.8) is 0 Å². The number of ether oxygens (including phenoxy) is 1. The lowest BCUT2D eigenvalue weighted by Gasteiger charge is -2.09. The molecule has 0 unspecified atom stereocenters. The first-order chi connectivity index (χ1) is 10.7. The highest BCUT2D eigenvalue weighted by atomic mass is 16.5. The Morgan fingerprint density at radius 2 is 1.64 bits per heavy atom. The molecule has 2 aromatic carbocycles. The molecule has 1 nitrogen and oxygen atoms in total. The van der Waals surface area contributed by atoms with Gasteiger partial charge in [-0.25, -0.2) is 0 Å². The molecule has 0 bridgehead atoms. The average molecular weight is 294 g/mol. The molecule has 0 spiro atoms. The van der Waals surface area contributed by atoms with Crippen LogP contribution in [0.15, 0.2) is 55.1 Å². The van der Waals surface area contributed by atoms with Crippen molar-refractivity contribution >= 4 is 0 Å². The normalized spacial score (nSPS) is 10.5. The zero-order valence-corrected chi connectivity index (χ0v) is 13.8. The Kier molecular flexibility index (Phi) is 6.27. The van der Waals surface area contributed by atoms with Gasteiger partial charge in [-0.15, -0.1) is 6.58 Å². The van der Waals surface area contributed by atoms with Crippen molar-refractivity contribution in [2.24, 2.45) is 0 Å². The Labute approximate surface area is 134 Å². The summed E-state index contributed by atoms with van der Waals surface area (Å²) in [4.78, 5) is 0. The van der Waals surface area contributed by atoms with Crippen LogP contribution in [0.25, 0.3) is 0 Å². The molecule has 0 radical (unpaired) electrons. The lowest BCUT2D eigenvalue weighted by atomic mass is 10.1. The van der Waals surface area contributed by atoms with E-state index in [1.807, 2.05) is 12.1 Å². The number of rotatable bonds is 8. The zero-order chi connectivity index (χ0) is 15.8. The topological polar surface area (TPSA) is 9.23 Å². The highest BCUT2D eigenvalue weighted by molar-refractivity contribution is 5.34. The minimum atomic E-state index is 0.624. The van der Waals surface area contributed by atoms with Gasteiger partial charge in [0.25, 0.3) is 0 Å². The van der Waals surface area contributed by atoms with Gasteiger partial charge < -0.3 is 4.74 Å². The van der Waals surface area contributed by atoms with Crippen LogP contribution in [0.3, 0.4) is 0 Å². The predicted octanol–water partition coefficient (Wildman–Crippen LogP) is 5.78. The molecule has 0 aromatic heterocycles. The van der Waals surface area contributed by atoms with E-state index < -0.39 is 0 Å². The molecule has 2 aromatic rings. The quantitative estimate of drug-likeness (QED) is 0.443. The van der Waals surface area contributed by atoms with E-state index in [0.29, 0.717) is 6.61 Å². The second kappa shape index (κ2) is 8.43. The Morgan fingerprint density at radius 1 is 0.909 bits per heavy atom. The molecule has 2 rings (SSSR count). The Morgan fingerprint density at radius 3 is 2.32 bits per heavy atom. The third-order valence-electron chi connectivity index (χ3n) is 4.03. The third-order valence-corrected chi connectivity index (χ3v) is 4.03. The van der Waals surface area contributed by atoms with Crippen molar-refractivity contribution in [3.8, 4) is 5.75 Å². The minimum absolute atomic E-state index is 0.624. The van der Waals surface area contributed by atoms with Crippen LogP contribution in [0.1, 0.15) is 41.5 Å². The van der Waals surface area contributed by atoms with Gasteiger partial charge in [0.1, 0.15) is 12.4 Å². The van der Waals surface area contributed by atoms with Crippen molar-refractivity contribution < 1.29 is 4.74 Å². The van der Waals surface area contributed by atoms with E-state index >= 15 is 0 Å². The fraction of sp³-hybridized carbons (Fsp3) is 0.333. The first kappa shape index (κ1) is 16.4. The molecule has 0 aliphatic heterocycles. The SMILES string of the molecule is C=CCCCCc1ccc(COc2ccc(C)c(C)c2)cc1.